The van der Waals surface area contributed by atoms with E-state index in [1.807, 2.05) is 0 Å². The third-order valence-electron chi connectivity index (χ3n) is 4.05. The van der Waals surface area contributed by atoms with Crippen LogP contribution in [0.4, 0.5) is 0 Å². The molecule has 7 heteroatoms. The van der Waals surface area contributed by atoms with Crippen LogP contribution in [0, 0.1) is 6.85 Å². The zero-order valence-electron chi connectivity index (χ0n) is 15.5. The number of nitrogens with zero attached hydrogens (tertiary/aromatic N) is 2. The Morgan fingerprint density at radius 3 is 3.08 bits per heavy atom. The highest BCUT2D eigenvalue weighted by molar-refractivity contribution is 5.89. The van der Waals surface area contributed by atoms with Gasteiger partial charge in [-0.15, -0.1) is 0 Å². The summed E-state index contributed by atoms with van der Waals surface area (Å²) in [4.78, 5) is 27.8. The zero-order valence-corrected chi connectivity index (χ0v) is 12.5. The van der Waals surface area contributed by atoms with Gasteiger partial charge >= 0.3 is 12.0 Å². The highest BCUT2D eigenvalue weighted by Gasteiger charge is 2.43. The van der Waals surface area contributed by atoms with E-state index in [0.717, 1.165) is 0 Å². The number of fused-ring (bicyclic) bond motifs is 4. The van der Waals surface area contributed by atoms with Gasteiger partial charge in [0.05, 0.1) is 5.56 Å². The van der Waals surface area contributed by atoms with Gasteiger partial charge in [-0.2, -0.15) is 4.98 Å². The lowest BCUT2D eigenvalue weighted by molar-refractivity contribution is -0.0351. The van der Waals surface area contributed by atoms with Crippen molar-refractivity contribution in [2.75, 3.05) is 6.61 Å². The molecule has 24 heavy (non-hydrogen) atoms. The van der Waals surface area contributed by atoms with Gasteiger partial charge in [-0.1, -0.05) is 18.2 Å². The van der Waals surface area contributed by atoms with Gasteiger partial charge in [-0.05, 0) is 19.0 Å². The summed E-state index contributed by atoms with van der Waals surface area (Å²) in [5, 5.41) is 0. The van der Waals surface area contributed by atoms with E-state index in [9.17, 15) is 9.59 Å². The van der Waals surface area contributed by atoms with Gasteiger partial charge in [-0.25, -0.2) is 4.79 Å². The molecule has 2 bridgehead atoms. The first-order valence-corrected chi connectivity index (χ1v) is 7.51. The van der Waals surface area contributed by atoms with Crippen LogP contribution in [0.3, 0.4) is 0 Å². The lowest BCUT2D eigenvalue weighted by atomic mass is 10.1. The molecule has 2 aliphatic heterocycles. The fraction of sp³-hybridized carbons (Fsp3) is 0.353. The van der Waals surface area contributed by atoms with Crippen molar-refractivity contribution >= 4 is 5.97 Å². The van der Waals surface area contributed by atoms with Crippen LogP contribution in [-0.4, -0.2) is 34.3 Å². The minimum atomic E-state index is -2.58. The smallest absolute Gasteiger partial charge is 0.338 e. The molecule has 1 aromatic heterocycles. The SMILES string of the molecule is [2H]C([2H])([2H])c1cn2c(nc1=O)O[C@H]1C[C@H]2O[C@@H]1COC(=O)c1ccccc1. The molecule has 4 rings (SSSR count). The van der Waals surface area contributed by atoms with Crippen molar-refractivity contribution in [3.8, 4) is 6.01 Å². The molecular weight excluding hydrogens is 312 g/mol. The summed E-state index contributed by atoms with van der Waals surface area (Å²) in [5.41, 5.74) is -0.817. The third kappa shape index (κ3) is 2.56. The highest BCUT2D eigenvalue weighted by Crippen LogP contribution is 2.37. The molecule has 0 amide bonds. The van der Waals surface area contributed by atoms with E-state index < -0.39 is 42.4 Å². The molecule has 0 spiro atoms. The largest absolute Gasteiger partial charge is 0.459 e. The molecule has 1 saturated heterocycles. The molecular formula is C17H16N2O5. The van der Waals surface area contributed by atoms with E-state index >= 15 is 0 Å². The van der Waals surface area contributed by atoms with Crippen LogP contribution in [0.15, 0.2) is 41.3 Å². The van der Waals surface area contributed by atoms with Crippen LogP contribution in [0.5, 0.6) is 6.01 Å². The maximum Gasteiger partial charge on any atom is 0.338 e. The molecule has 2 aromatic rings. The molecule has 0 saturated carbocycles. The van der Waals surface area contributed by atoms with Crippen molar-refractivity contribution in [2.24, 2.45) is 0 Å². The summed E-state index contributed by atoms with van der Waals surface area (Å²) in [6.45, 7) is -2.61. The van der Waals surface area contributed by atoms with Gasteiger partial charge in [-0.3, -0.25) is 9.36 Å². The third-order valence-corrected chi connectivity index (χ3v) is 4.05. The number of rotatable bonds is 3. The number of benzene rings is 1. The van der Waals surface area contributed by atoms with Crippen LogP contribution >= 0.6 is 0 Å². The Hall–Kier alpha value is -2.67. The number of carbonyl (C=O) groups excluding carboxylic acids is 1. The van der Waals surface area contributed by atoms with Gasteiger partial charge in [0, 0.05) is 22.3 Å². The van der Waals surface area contributed by atoms with Crippen molar-refractivity contribution in [3.05, 3.63) is 58.0 Å². The zero-order chi connectivity index (χ0) is 19.2. The van der Waals surface area contributed by atoms with E-state index in [1.54, 1.807) is 30.3 Å². The van der Waals surface area contributed by atoms with Crippen molar-refractivity contribution in [1.29, 1.82) is 0 Å². The van der Waals surface area contributed by atoms with Crippen LogP contribution in [-0.2, 0) is 9.47 Å². The molecule has 124 valence electrons. The predicted molar refractivity (Wildman–Crippen MR) is 82.9 cm³/mol. The van der Waals surface area contributed by atoms with Gasteiger partial charge < -0.3 is 14.2 Å². The monoisotopic (exact) mass is 331 g/mol. The maximum atomic E-state index is 12.1. The second kappa shape index (κ2) is 5.76. The second-order valence-corrected chi connectivity index (χ2v) is 5.64. The molecule has 0 N–H and O–H groups in total. The molecule has 1 aromatic carbocycles. The van der Waals surface area contributed by atoms with E-state index in [2.05, 4.69) is 4.98 Å². The summed E-state index contributed by atoms with van der Waals surface area (Å²) >= 11 is 0. The molecule has 7 nitrogen and oxygen atoms in total. The van der Waals surface area contributed by atoms with E-state index in [0.29, 0.717) is 12.0 Å². The first-order valence-electron chi connectivity index (χ1n) is 9.01. The first kappa shape index (κ1) is 11.8. The fourth-order valence-electron chi connectivity index (χ4n) is 2.84. The Kier molecular flexibility index (Phi) is 2.83. The number of hydrogen-bond acceptors (Lipinski definition) is 6. The van der Waals surface area contributed by atoms with Crippen molar-refractivity contribution in [2.45, 2.75) is 31.7 Å². The van der Waals surface area contributed by atoms with Crippen molar-refractivity contribution < 1.29 is 23.1 Å². The van der Waals surface area contributed by atoms with Gasteiger partial charge in [0.2, 0.25) is 0 Å². The number of ether oxygens (including phenoxy) is 3. The summed E-state index contributed by atoms with van der Waals surface area (Å²) in [5.74, 6) is -0.476. The number of esters is 1. The quantitative estimate of drug-likeness (QED) is 0.792. The average Bonchev–Trinajstić information content (AvgIpc) is 2.96. The van der Waals surface area contributed by atoms with E-state index in [4.69, 9.17) is 18.3 Å². The van der Waals surface area contributed by atoms with Crippen LogP contribution < -0.4 is 10.3 Å². The van der Waals surface area contributed by atoms with Crippen LogP contribution in [0.1, 0.15) is 32.7 Å². The first-order chi connectivity index (χ1) is 12.8. The summed E-state index contributed by atoms with van der Waals surface area (Å²) in [6, 6.07) is 8.57. The van der Waals surface area contributed by atoms with Crippen molar-refractivity contribution in [3.63, 3.8) is 0 Å². The Morgan fingerprint density at radius 2 is 2.29 bits per heavy atom. The lowest BCUT2D eigenvalue weighted by Gasteiger charge is -2.23. The molecule has 0 aliphatic carbocycles. The van der Waals surface area contributed by atoms with Crippen LogP contribution in [0.25, 0.3) is 0 Å². The molecule has 0 radical (unpaired) electrons. The fourth-order valence-corrected chi connectivity index (χ4v) is 2.84. The Balaban J connectivity index is 1.49. The number of aryl methyl sites for hydroxylation is 1. The Labute approximate surface area is 142 Å². The molecule has 2 aliphatic rings. The number of carbonyl (C=O) groups is 1. The van der Waals surface area contributed by atoms with Gasteiger partial charge in [0.1, 0.15) is 25.0 Å². The van der Waals surface area contributed by atoms with E-state index in [-0.39, 0.29) is 12.6 Å². The lowest BCUT2D eigenvalue weighted by Crippen LogP contribution is -2.34. The summed E-state index contributed by atoms with van der Waals surface area (Å²) < 4.78 is 40.5. The van der Waals surface area contributed by atoms with Gasteiger partial charge in [0.15, 0.2) is 0 Å². The van der Waals surface area contributed by atoms with Gasteiger partial charge in [0.25, 0.3) is 5.56 Å². The minimum absolute atomic E-state index is 0.00568. The minimum Gasteiger partial charge on any atom is -0.459 e. The second-order valence-electron chi connectivity index (χ2n) is 5.64. The number of hydrogen-bond donors (Lipinski definition) is 0. The normalized spacial score (nSPS) is 26.5. The molecule has 1 fully saturated rings. The van der Waals surface area contributed by atoms with Crippen LogP contribution in [0.2, 0.25) is 0 Å². The Morgan fingerprint density at radius 1 is 1.46 bits per heavy atom. The predicted octanol–water partition coefficient (Wildman–Crippen LogP) is 1.46. The maximum absolute atomic E-state index is 12.1. The summed E-state index contributed by atoms with van der Waals surface area (Å²) in [6.07, 6.45) is 0.121. The summed E-state index contributed by atoms with van der Waals surface area (Å²) in [7, 11) is 0. The standard InChI is InChI=1S/C17H16N2O5/c1-10-8-19-14-7-12(24-17(19)18-15(10)20)13(23-14)9-22-16(21)11-5-3-2-4-6-11/h2-6,8,12-14H,7,9H2,1H3/t12-,13+,14+/m0/s1/i1D3. The number of aromatic nitrogens is 2. The molecule has 3 heterocycles. The molecule has 0 unspecified atom stereocenters. The highest BCUT2D eigenvalue weighted by atomic mass is 16.6. The topological polar surface area (TPSA) is 79.7 Å². The van der Waals surface area contributed by atoms with E-state index in [1.165, 1.54) is 10.8 Å². The molecule has 3 atom stereocenters. The van der Waals surface area contributed by atoms with Crippen molar-refractivity contribution in [1.82, 2.24) is 9.55 Å². The average molecular weight is 331 g/mol. The Bertz CT molecular complexity index is 928.